The Hall–Kier alpha value is -2.80. The highest BCUT2D eigenvalue weighted by Gasteiger charge is 2.13. The van der Waals surface area contributed by atoms with Gasteiger partial charge in [0.05, 0.1) is 5.56 Å². The molecule has 0 saturated heterocycles. The summed E-state index contributed by atoms with van der Waals surface area (Å²) >= 11 is 1.51. The van der Waals surface area contributed by atoms with Crippen molar-refractivity contribution in [2.24, 2.45) is 0 Å². The Labute approximate surface area is 123 Å². The molecule has 3 rings (SSSR count). The van der Waals surface area contributed by atoms with Gasteiger partial charge in [-0.1, -0.05) is 12.1 Å². The second kappa shape index (κ2) is 5.29. The molecule has 6 nitrogen and oxygen atoms in total. The molecule has 0 aliphatic rings. The van der Waals surface area contributed by atoms with Crippen molar-refractivity contribution in [3.63, 3.8) is 0 Å². The molecular weight excluding hydrogens is 288 g/mol. The molecular formula is C14H12N4O2S. The number of nitrogen functional groups attached to an aromatic ring is 1. The number of amides is 2. The summed E-state index contributed by atoms with van der Waals surface area (Å²) in [6, 6.07) is 10.3. The normalized spacial score (nSPS) is 10.5. The Bertz CT molecular complexity index is 793. The monoisotopic (exact) mass is 300 g/mol. The van der Waals surface area contributed by atoms with Crippen LogP contribution in [0.5, 0.6) is 0 Å². The van der Waals surface area contributed by atoms with Gasteiger partial charge in [-0.3, -0.25) is 20.4 Å². The largest absolute Gasteiger partial charge is 0.398 e. The van der Waals surface area contributed by atoms with Crippen molar-refractivity contribution in [1.82, 2.24) is 15.8 Å². The second-order valence-electron chi connectivity index (χ2n) is 4.38. The summed E-state index contributed by atoms with van der Waals surface area (Å²) in [5, 5.41) is 2.90. The first-order valence-corrected chi connectivity index (χ1v) is 7.04. The van der Waals surface area contributed by atoms with Crippen molar-refractivity contribution >= 4 is 39.1 Å². The fourth-order valence-corrected chi connectivity index (χ4v) is 2.71. The zero-order valence-electron chi connectivity index (χ0n) is 10.8. The molecule has 0 atom stereocenters. The van der Waals surface area contributed by atoms with Gasteiger partial charge in [-0.15, -0.1) is 11.3 Å². The van der Waals surface area contributed by atoms with Gasteiger partial charge in [0.1, 0.15) is 10.5 Å². The van der Waals surface area contributed by atoms with Gasteiger partial charge in [-0.05, 0) is 29.6 Å². The summed E-state index contributed by atoms with van der Waals surface area (Å²) in [5.41, 5.74) is 11.4. The van der Waals surface area contributed by atoms with Crippen molar-refractivity contribution in [3.05, 3.63) is 53.0 Å². The molecule has 106 valence electrons. The average molecular weight is 300 g/mol. The third kappa shape index (κ3) is 2.59. The van der Waals surface area contributed by atoms with E-state index in [0.717, 1.165) is 10.2 Å². The van der Waals surface area contributed by atoms with Crippen LogP contribution in [0.25, 0.3) is 10.2 Å². The number of hydrogen-bond donors (Lipinski definition) is 4. The van der Waals surface area contributed by atoms with Crippen molar-refractivity contribution in [3.8, 4) is 0 Å². The van der Waals surface area contributed by atoms with Crippen molar-refractivity contribution in [2.45, 2.75) is 0 Å². The van der Waals surface area contributed by atoms with E-state index in [1.165, 1.54) is 11.3 Å². The Morgan fingerprint density at radius 3 is 2.62 bits per heavy atom. The van der Waals surface area contributed by atoms with E-state index < -0.39 is 11.8 Å². The molecule has 3 aromatic rings. The Morgan fingerprint density at radius 2 is 1.86 bits per heavy atom. The standard InChI is InChI=1S/C14H12N4O2S/c15-10-4-2-1-3-9(10)12(19)17-18-13(20)11-7-8-5-6-21-14(8)16-11/h1-7,16H,15H2,(H,17,19)(H,18,20). The summed E-state index contributed by atoms with van der Waals surface area (Å²) < 4.78 is 0. The molecule has 0 bridgehead atoms. The number of carbonyl (C=O) groups excluding carboxylic acids is 2. The molecule has 0 fully saturated rings. The fourth-order valence-electron chi connectivity index (χ4n) is 1.92. The first kappa shape index (κ1) is 13.2. The molecule has 0 aliphatic heterocycles. The summed E-state index contributed by atoms with van der Waals surface area (Å²) in [4.78, 5) is 27.8. The van der Waals surface area contributed by atoms with Crippen LogP contribution in [0.2, 0.25) is 0 Å². The van der Waals surface area contributed by atoms with Crippen LogP contribution in [0.1, 0.15) is 20.8 Å². The Morgan fingerprint density at radius 1 is 1.10 bits per heavy atom. The lowest BCUT2D eigenvalue weighted by Gasteiger charge is -2.08. The zero-order valence-corrected chi connectivity index (χ0v) is 11.7. The molecule has 2 amide bonds. The number of rotatable bonds is 2. The van der Waals surface area contributed by atoms with Gasteiger partial charge in [-0.2, -0.15) is 0 Å². The number of hydrazine groups is 1. The fraction of sp³-hybridized carbons (Fsp3) is 0. The van der Waals surface area contributed by atoms with Gasteiger partial charge in [-0.25, -0.2) is 0 Å². The van der Waals surface area contributed by atoms with E-state index in [-0.39, 0.29) is 0 Å². The highest BCUT2D eigenvalue weighted by Crippen LogP contribution is 2.20. The predicted molar refractivity (Wildman–Crippen MR) is 82.0 cm³/mol. The maximum Gasteiger partial charge on any atom is 0.286 e. The molecule has 0 saturated carbocycles. The van der Waals surface area contributed by atoms with Gasteiger partial charge >= 0.3 is 0 Å². The number of aromatic amines is 1. The van der Waals surface area contributed by atoms with E-state index >= 15 is 0 Å². The Balaban J connectivity index is 1.67. The molecule has 1 aromatic carbocycles. The van der Waals surface area contributed by atoms with Gasteiger partial charge in [0.15, 0.2) is 0 Å². The number of para-hydroxylation sites is 1. The summed E-state index contributed by atoms with van der Waals surface area (Å²) in [6.07, 6.45) is 0. The van der Waals surface area contributed by atoms with Gasteiger partial charge in [0.2, 0.25) is 0 Å². The van der Waals surface area contributed by atoms with E-state index in [2.05, 4.69) is 15.8 Å². The number of thiophene rings is 1. The minimum Gasteiger partial charge on any atom is -0.398 e. The quantitative estimate of drug-likeness (QED) is 0.429. The minimum atomic E-state index is -0.463. The summed E-state index contributed by atoms with van der Waals surface area (Å²) in [6.45, 7) is 0. The molecule has 0 aliphatic carbocycles. The predicted octanol–water partition coefficient (Wildman–Crippen LogP) is 1.89. The maximum absolute atomic E-state index is 11.9. The maximum atomic E-state index is 11.9. The third-order valence-electron chi connectivity index (χ3n) is 2.98. The molecule has 0 radical (unpaired) electrons. The van der Waals surface area contributed by atoms with E-state index in [1.807, 2.05) is 11.4 Å². The molecule has 2 aromatic heterocycles. The van der Waals surface area contributed by atoms with Crippen LogP contribution in [0.3, 0.4) is 0 Å². The number of nitrogens with two attached hydrogens (primary N) is 1. The van der Waals surface area contributed by atoms with Gasteiger partial charge < -0.3 is 10.7 Å². The third-order valence-corrected chi connectivity index (χ3v) is 3.83. The highest BCUT2D eigenvalue weighted by molar-refractivity contribution is 7.16. The summed E-state index contributed by atoms with van der Waals surface area (Å²) in [5.74, 6) is -0.879. The lowest BCUT2D eigenvalue weighted by atomic mass is 10.2. The van der Waals surface area contributed by atoms with E-state index in [9.17, 15) is 9.59 Å². The van der Waals surface area contributed by atoms with E-state index in [1.54, 1.807) is 30.3 Å². The van der Waals surface area contributed by atoms with Crippen molar-refractivity contribution in [2.75, 3.05) is 5.73 Å². The number of hydrogen-bond acceptors (Lipinski definition) is 4. The number of carbonyl (C=O) groups is 2. The number of benzene rings is 1. The number of aromatic nitrogens is 1. The van der Waals surface area contributed by atoms with Crippen molar-refractivity contribution in [1.29, 1.82) is 0 Å². The van der Waals surface area contributed by atoms with E-state index in [4.69, 9.17) is 5.73 Å². The van der Waals surface area contributed by atoms with Gasteiger partial charge in [0.25, 0.3) is 11.8 Å². The second-order valence-corrected chi connectivity index (χ2v) is 5.30. The van der Waals surface area contributed by atoms with Crippen LogP contribution in [0, 0.1) is 0 Å². The lowest BCUT2D eigenvalue weighted by Crippen LogP contribution is -2.42. The summed E-state index contributed by atoms with van der Waals surface area (Å²) in [7, 11) is 0. The average Bonchev–Trinajstić information content (AvgIpc) is 3.06. The van der Waals surface area contributed by atoms with Crippen LogP contribution in [0.4, 0.5) is 5.69 Å². The van der Waals surface area contributed by atoms with Crippen LogP contribution in [-0.4, -0.2) is 16.8 Å². The highest BCUT2D eigenvalue weighted by atomic mass is 32.1. The topological polar surface area (TPSA) is 100 Å². The minimum absolute atomic E-state index is 0.310. The first-order valence-electron chi connectivity index (χ1n) is 6.16. The molecule has 2 heterocycles. The molecule has 0 spiro atoms. The molecule has 0 unspecified atom stereocenters. The van der Waals surface area contributed by atoms with Crippen LogP contribution in [-0.2, 0) is 0 Å². The number of fused-ring (bicyclic) bond motifs is 1. The lowest BCUT2D eigenvalue weighted by molar-refractivity contribution is 0.0845. The zero-order chi connectivity index (χ0) is 14.8. The van der Waals surface area contributed by atoms with Crippen LogP contribution < -0.4 is 16.6 Å². The van der Waals surface area contributed by atoms with Crippen LogP contribution >= 0.6 is 11.3 Å². The smallest absolute Gasteiger partial charge is 0.286 e. The van der Waals surface area contributed by atoms with E-state index in [0.29, 0.717) is 16.9 Å². The Kier molecular flexibility index (Phi) is 3.33. The number of H-pyrrole nitrogens is 1. The SMILES string of the molecule is Nc1ccccc1C(=O)NNC(=O)c1cc2ccsc2[nH]1. The number of anilines is 1. The molecule has 5 N–H and O–H groups in total. The molecule has 7 heteroatoms. The van der Waals surface area contributed by atoms with Crippen molar-refractivity contribution < 1.29 is 9.59 Å². The number of nitrogens with one attached hydrogen (secondary N) is 3. The molecule has 21 heavy (non-hydrogen) atoms. The van der Waals surface area contributed by atoms with Gasteiger partial charge in [0, 0.05) is 11.1 Å². The van der Waals surface area contributed by atoms with Crippen LogP contribution in [0.15, 0.2) is 41.8 Å². The first-order chi connectivity index (χ1) is 10.1.